The molecule has 5 aromatic rings. The number of benzene rings is 3. The van der Waals surface area contributed by atoms with Crippen LogP contribution in [-0.4, -0.2) is 77.5 Å². The molecule has 0 bridgehead atoms. The molecule has 0 unspecified atom stereocenters. The third kappa shape index (κ3) is 7.28. The summed E-state index contributed by atoms with van der Waals surface area (Å²) >= 11 is 0. The first-order valence-corrected chi connectivity index (χ1v) is 22.2. The van der Waals surface area contributed by atoms with Gasteiger partial charge >= 0.3 is 0 Å². The summed E-state index contributed by atoms with van der Waals surface area (Å²) in [5, 5.41) is 9.94. The molecule has 4 heterocycles. The Morgan fingerprint density at radius 1 is 0.828 bits per heavy atom. The Morgan fingerprint density at radius 2 is 1.45 bits per heavy atom. The highest BCUT2D eigenvalue weighted by Gasteiger charge is 2.66. The Kier molecular flexibility index (Phi) is 11.3. The summed E-state index contributed by atoms with van der Waals surface area (Å²) in [6.45, 7) is 5.70. The maximum Gasteiger partial charge on any atom is 0.297 e. The Balaban J connectivity index is 1.32. The van der Waals surface area contributed by atoms with Crippen LogP contribution in [0.25, 0.3) is 11.4 Å². The minimum absolute atomic E-state index is 0.0981. The van der Waals surface area contributed by atoms with Gasteiger partial charge in [0.15, 0.2) is 25.4 Å². The number of carbonyl (C=O) groups excluding carboxylic acids is 2. The minimum atomic E-state index is -3.17. The van der Waals surface area contributed by atoms with Crippen molar-refractivity contribution in [1.82, 2.24) is 14.0 Å². The molecule has 0 radical (unpaired) electrons. The molecule has 0 saturated carbocycles. The van der Waals surface area contributed by atoms with E-state index in [1.165, 1.54) is 23.4 Å². The molecule has 14 heteroatoms. The number of aliphatic hydroxyl groups excluding tert-OH is 1. The predicted octanol–water partition coefficient (Wildman–Crippen LogP) is 4.76. The van der Waals surface area contributed by atoms with E-state index >= 15 is 4.79 Å². The van der Waals surface area contributed by atoms with Gasteiger partial charge in [-0.15, -0.1) is 0 Å². The molecule has 2 N–H and O–H groups in total. The van der Waals surface area contributed by atoms with E-state index in [0.717, 1.165) is 11.1 Å². The molecule has 4 atom stereocenters. The van der Waals surface area contributed by atoms with Crippen molar-refractivity contribution in [2.24, 2.45) is 5.92 Å². The predicted molar refractivity (Wildman–Crippen MR) is 221 cm³/mol. The van der Waals surface area contributed by atoms with Gasteiger partial charge in [-0.1, -0.05) is 49.4 Å². The minimum Gasteiger partial charge on any atom is -0.491 e. The first kappa shape index (κ1) is 40.4. The van der Waals surface area contributed by atoms with E-state index in [4.69, 9.17) is 14.2 Å². The average molecular weight is 805 g/mol. The fourth-order valence-corrected chi connectivity index (χ4v) is 11.3. The summed E-state index contributed by atoms with van der Waals surface area (Å²) in [5.74, 6) is -0.921. The van der Waals surface area contributed by atoms with Crippen LogP contribution in [0.1, 0.15) is 30.0 Å². The maximum atomic E-state index is 15.3. The van der Waals surface area contributed by atoms with Gasteiger partial charge < -0.3 is 33.9 Å². The van der Waals surface area contributed by atoms with Crippen molar-refractivity contribution in [2.75, 3.05) is 32.3 Å². The smallest absolute Gasteiger partial charge is 0.297 e. The molecule has 2 aliphatic heterocycles. The van der Waals surface area contributed by atoms with E-state index in [2.05, 4.69) is 0 Å². The summed E-state index contributed by atoms with van der Waals surface area (Å²) in [6.07, 6.45) is 2.29. The summed E-state index contributed by atoms with van der Waals surface area (Å²) < 4.78 is 20.5. The third-order valence-electron chi connectivity index (χ3n) is 11.4. The average Bonchev–Trinajstić information content (AvgIpc) is 3.63. The number of nitrogens with zero attached hydrogens (tertiary/aromatic N) is 4. The quantitative estimate of drug-likeness (QED) is 0.161. The molecule has 2 aliphatic rings. The van der Waals surface area contributed by atoms with Gasteiger partial charge in [0.2, 0.25) is 5.91 Å². The number of hydrogen-bond donors (Lipinski definition) is 2. The van der Waals surface area contributed by atoms with Gasteiger partial charge in [0.05, 0.1) is 45.6 Å². The molecule has 3 aromatic carbocycles. The lowest BCUT2D eigenvalue weighted by atomic mass is 9.82. The van der Waals surface area contributed by atoms with Gasteiger partial charge in [-0.25, -0.2) is 0 Å². The number of amides is 2. The highest BCUT2D eigenvalue weighted by atomic mass is 28.4. The Hall–Kier alpha value is -5.80. The maximum absolute atomic E-state index is 15.3. The van der Waals surface area contributed by atoms with Gasteiger partial charge in [0.1, 0.15) is 0 Å². The number of carbonyl (C=O) groups is 2. The fourth-order valence-electron chi connectivity index (χ4n) is 8.74. The zero-order valence-electron chi connectivity index (χ0n) is 33.2. The van der Waals surface area contributed by atoms with Gasteiger partial charge in [-0.3, -0.25) is 28.3 Å². The van der Waals surface area contributed by atoms with Crippen molar-refractivity contribution in [3.8, 4) is 22.9 Å². The van der Waals surface area contributed by atoms with Gasteiger partial charge in [-0.2, -0.15) is 0 Å². The highest BCUT2D eigenvalue weighted by Crippen LogP contribution is 2.60. The molecular formula is C44H48N4O9Si. The van der Waals surface area contributed by atoms with Crippen molar-refractivity contribution in [3.05, 3.63) is 147 Å². The number of anilines is 1. The lowest BCUT2D eigenvalue weighted by Gasteiger charge is -2.32. The van der Waals surface area contributed by atoms with E-state index in [1.54, 1.807) is 83.8 Å². The first-order valence-electron chi connectivity index (χ1n) is 19.2. The molecular weight excluding hydrogens is 757 g/mol. The van der Waals surface area contributed by atoms with Gasteiger partial charge in [-0.05, 0) is 78.8 Å². The SMILES string of the molecule is COc1cccn(-c2cccc(CN3C(=O)[C@@]4(O[C@@H](CC(=O)N(CCO)Cc5ccccc5)[C@H]([Si](C)(C)O)[C@H]4C)c4cc(-n5cccc(OC)c5=O)ccc43)c2)c1=O. The molecule has 2 amide bonds. The van der Waals surface area contributed by atoms with E-state index in [9.17, 15) is 24.3 Å². The molecule has 1 saturated heterocycles. The zero-order valence-corrected chi connectivity index (χ0v) is 34.2. The van der Waals surface area contributed by atoms with Crippen LogP contribution in [0.4, 0.5) is 5.69 Å². The van der Waals surface area contributed by atoms with Crippen LogP contribution in [0.3, 0.4) is 0 Å². The largest absolute Gasteiger partial charge is 0.491 e. The van der Waals surface area contributed by atoms with E-state index < -0.39 is 37.0 Å². The zero-order chi connectivity index (χ0) is 41.4. The molecule has 58 heavy (non-hydrogen) atoms. The highest BCUT2D eigenvalue weighted by molar-refractivity contribution is 6.71. The van der Waals surface area contributed by atoms with Crippen LogP contribution in [0.2, 0.25) is 18.6 Å². The molecule has 0 aliphatic carbocycles. The first-order chi connectivity index (χ1) is 27.8. The number of methoxy groups -OCH3 is 2. The molecule has 7 rings (SSSR count). The van der Waals surface area contributed by atoms with Crippen LogP contribution in [0, 0.1) is 5.92 Å². The normalized spacial score (nSPS) is 20.0. The van der Waals surface area contributed by atoms with Crippen LogP contribution >= 0.6 is 0 Å². The number of aromatic nitrogens is 2. The molecule has 2 aromatic heterocycles. The second-order valence-electron chi connectivity index (χ2n) is 15.4. The number of fused-ring (bicyclic) bond motifs is 2. The second kappa shape index (κ2) is 16.2. The van der Waals surface area contributed by atoms with Crippen LogP contribution in [0.15, 0.2) is 119 Å². The summed E-state index contributed by atoms with van der Waals surface area (Å²) in [5.41, 5.74) is 0.803. The van der Waals surface area contributed by atoms with Crippen LogP contribution < -0.4 is 25.5 Å². The molecule has 302 valence electrons. The monoisotopic (exact) mass is 804 g/mol. The second-order valence-corrected chi connectivity index (χ2v) is 19.3. The number of hydrogen-bond acceptors (Lipinski definition) is 9. The Labute approximate surface area is 337 Å². The summed E-state index contributed by atoms with van der Waals surface area (Å²) in [4.78, 5) is 71.2. The number of aliphatic hydroxyl groups is 1. The summed E-state index contributed by atoms with van der Waals surface area (Å²) in [6, 6.07) is 28.7. The molecule has 1 fully saturated rings. The lowest BCUT2D eigenvalue weighted by molar-refractivity contribution is -0.150. The fraction of sp³-hybridized carbons (Fsp3) is 0.318. The standard InChI is InChI=1S/C44H48N4O9Si/c1-29-40(58(4,5)54)38(26-39(50)45(22-23-49)27-30-12-7-6-8-13-30)57-44(29)34-25-33(47-21-11-17-37(56-3)42(47)52)18-19-35(34)48(43(44)53)28-31-14-9-15-32(24-31)46-20-10-16-36(55-2)41(46)51/h6-21,24-25,29,38,40,49,54H,22-23,26-28H2,1-5H3/t29-,38+,40-,44+/m1/s1. The molecule has 13 nitrogen and oxygen atoms in total. The van der Waals surface area contributed by atoms with Gasteiger partial charge in [0.25, 0.3) is 17.0 Å². The Bertz CT molecular complexity index is 2450. The van der Waals surface area contributed by atoms with Crippen molar-refractivity contribution in [1.29, 1.82) is 0 Å². The molecule has 1 spiro atoms. The van der Waals surface area contributed by atoms with Crippen LogP contribution in [0.5, 0.6) is 11.5 Å². The number of ether oxygens (including phenoxy) is 3. The number of pyridine rings is 2. The van der Waals surface area contributed by atoms with Crippen molar-refractivity contribution < 1.29 is 33.7 Å². The lowest BCUT2D eigenvalue weighted by Crippen LogP contribution is -2.46. The number of rotatable bonds is 13. The van der Waals surface area contributed by atoms with Crippen molar-refractivity contribution in [2.45, 2.75) is 56.8 Å². The van der Waals surface area contributed by atoms with Crippen molar-refractivity contribution in [3.63, 3.8) is 0 Å². The Morgan fingerprint density at radius 3 is 2.05 bits per heavy atom. The van der Waals surface area contributed by atoms with E-state index in [0.29, 0.717) is 22.6 Å². The summed E-state index contributed by atoms with van der Waals surface area (Å²) in [7, 11) is -0.311. The van der Waals surface area contributed by atoms with E-state index in [-0.39, 0.29) is 61.5 Å². The topological polar surface area (TPSA) is 153 Å². The van der Waals surface area contributed by atoms with Gasteiger partial charge in [0, 0.05) is 53.9 Å². The van der Waals surface area contributed by atoms with Crippen LogP contribution in [-0.2, 0) is 33.0 Å². The van der Waals surface area contributed by atoms with E-state index in [1.807, 2.05) is 55.5 Å². The third-order valence-corrected chi connectivity index (χ3v) is 13.9. The van der Waals surface area contributed by atoms with Crippen molar-refractivity contribution >= 4 is 25.8 Å².